The summed E-state index contributed by atoms with van der Waals surface area (Å²) >= 11 is 0. The van der Waals surface area contributed by atoms with Gasteiger partial charge in [0.2, 0.25) is 11.8 Å². The average molecular weight is 256 g/mol. The fourth-order valence-electron chi connectivity index (χ4n) is 1.71. The minimum Gasteiger partial charge on any atom is -0.356 e. The molecule has 0 aromatic rings. The lowest BCUT2D eigenvalue weighted by molar-refractivity contribution is -0.129. The first-order chi connectivity index (χ1) is 8.61. The molecule has 0 aliphatic carbocycles. The molecule has 0 radical (unpaired) electrons. The maximum atomic E-state index is 11.5. The minimum atomic E-state index is 0.0465. The van der Waals surface area contributed by atoms with E-state index in [2.05, 4.69) is 19.2 Å². The predicted molar refractivity (Wildman–Crippen MR) is 74.3 cm³/mol. The number of nitrogens with zero attached hydrogens (tertiary/aromatic N) is 1. The third-order valence-corrected chi connectivity index (χ3v) is 2.94. The van der Waals surface area contributed by atoms with Crippen LogP contribution < -0.4 is 5.32 Å². The van der Waals surface area contributed by atoms with Crippen molar-refractivity contribution in [2.75, 3.05) is 19.6 Å². The summed E-state index contributed by atoms with van der Waals surface area (Å²) in [5.74, 6) is 0.109. The fraction of sp³-hybridized carbons (Fsp3) is 0.857. The van der Waals surface area contributed by atoms with Gasteiger partial charge in [-0.3, -0.25) is 9.59 Å². The van der Waals surface area contributed by atoms with Gasteiger partial charge in [-0.05, 0) is 12.8 Å². The van der Waals surface area contributed by atoms with E-state index in [1.165, 1.54) is 0 Å². The smallest absolute Gasteiger partial charge is 0.221 e. The maximum absolute atomic E-state index is 11.5. The van der Waals surface area contributed by atoms with E-state index in [4.69, 9.17) is 0 Å². The van der Waals surface area contributed by atoms with Gasteiger partial charge in [-0.1, -0.05) is 33.1 Å². The van der Waals surface area contributed by atoms with Crippen molar-refractivity contribution in [3.63, 3.8) is 0 Å². The van der Waals surface area contributed by atoms with Crippen molar-refractivity contribution in [3.05, 3.63) is 0 Å². The van der Waals surface area contributed by atoms with Crippen LogP contribution in [0.1, 0.15) is 59.3 Å². The molecule has 0 saturated heterocycles. The molecule has 0 aliphatic rings. The highest BCUT2D eigenvalue weighted by Gasteiger charge is 2.10. The van der Waals surface area contributed by atoms with Gasteiger partial charge in [-0.2, -0.15) is 0 Å². The molecule has 2 amide bonds. The molecule has 1 N–H and O–H groups in total. The second-order valence-corrected chi connectivity index (χ2v) is 4.67. The zero-order chi connectivity index (χ0) is 13.8. The van der Waals surface area contributed by atoms with Crippen molar-refractivity contribution in [1.82, 2.24) is 10.2 Å². The van der Waals surface area contributed by atoms with Gasteiger partial charge >= 0.3 is 0 Å². The van der Waals surface area contributed by atoms with Crippen molar-refractivity contribution < 1.29 is 9.59 Å². The van der Waals surface area contributed by atoms with E-state index in [0.29, 0.717) is 13.0 Å². The standard InChI is InChI=1S/C14H28N2O2/c1-4-6-8-11-16(13(3)17)12-9-14(18)15-10-7-5-2/h4-12H2,1-3H3,(H,15,18). The van der Waals surface area contributed by atoms with Crippen LogP contribution in [0.2, 0.25) is 0 Å². The largest absolute Gasteiger partial charge is 0.356 e. The van der Waals surface area contributed by atoms with Gasteiger partial charge in [0.1, 0.15) is 0 Å². The van der Waals surface area contributed by atoms with Crippen molar-refractivity contribution in [3.8, 4) is 0 Å². The number of hydrogen-bond donors (Lipinski definition) is 1. The first kappa shape index (κ1) is 16.9. The van der Waals surface area contributed by atoms with Gasteiger partial charge in [-0.15, -0.1) is 0 Å². The number of nitrogens with one attached hydrogen (secondary N) is 1. The Morgan fingerprint density at radius 1 is 1.00 bits per heavy atom. The summed E-state index contributed by atoms with van der Waals surface area (Å²) in [4.78, 5) is 24.7. The molecule has 0 saturated carbocycles. The maximum Gasteiger partial charge on any atom is 0.221 e. The average Bonchev–Trinajstić information content (AvgIpc) is 2.33. The van der Waals surface area contributed by atoms with Crippen LogP contribution in [-0.4, -0.2) is 36.3 Å². The van der Waals surface area contributed by atoms with Crippen LogP contribution in [0.3, 0.4) is 0 Å². The van der Waals surface area contributed by atoms with Crippen LogP contribution in [0.25, 0.3) is 0 Å². The first-order valence-corrected chi connectivity index (χ1v) is 7.14. The second kappa shape index (κ2) is 11.1. The molecule has 0 unspecified atom stereocenters. The van der Waals surface area contributed by atoms with Crippen molar-refractivity contribution in [2.45, 2.75) is 59.3 Å². The minimum absolute atomic E-state index is 0.0465. The molecular formula is C14H28N2O2. The third kappa shape index (κ3) is 9.02. The van der Waals surface area contributed by atoms with Crippen LogP contribution in [-0.2, 0) is 9.59 Å². The first-order valence-electron chi connectivity index (χ1n) is 7.14. The SMILES string of the molecule is CCCCCN(CCC(=O)NCCCC)C(C)=O. The zero-order valence-corrected chi connectivity index (χ0v) is 12.1. The van der Waals surface area contributed by atoms with E-state index < -0.39 is 0 Å². The number of rotatable bonds is 10. The molecule has 0 aromatic heterocycles. The Labute approximate surface area is 111 Å². The zero-order valence-electron chi connectivity index (χ0n) is 12.1. The highest BCUT2D eigenvalue weighted by atomic mass is 16.2. The Morgan fingerprint density at radius 2 is 1.67 bits per heavy atom. The Kier molecular flexibility index (Phi) is 10.4. The van der Waals surface area contributed by atoms with Crippen molar-refractivity contribution >= 4 is 11.8 Å². The second-order valence-electron chi connectivity index (χ2n) is 4.67. The Morgan fingerprint density at radius 3 is 2.22 bits per heavy atom. The molecule has 0 aliphatic heterocycles. The van der Waals surface area contributed by atoms with E-state index in [9.17, 15) is 9.59 Å². The topological polar surface area (TPSA) is 49.4 Å². The summed E-state index contributed by atoms with van der Waals surface area (Å²) in [5, 5.41) is 2.87. The van der Waals surface area contributed by atoms with E-state index in [1.807, 2.05) is 0 Å². The third-order valence-electron chi connectivity index (χ3n) is 2.94. The van der Waals surface area contributed by atoms with Crippen LogP contribution in [0, 0.1) is 0 Å². The molecule has 0 atom stereocenters. The van der Waals surface area contributed by atoms with E-state index in [1.54, 1.807) is 11.8 Å². The number of hydrogen-bond acceptors (Lipinski definition) is 2. The highest BCUT2D eigenvalue weighted by molar-refractivity contribution is 5.77. The molecule has 0 heterocycles. The van der Waals surface area contributed by atoms with Crippen LogP contribution in [0.5, 0.6) is 0 Å². The summed E-state index contributed by atoms with van der Waals surface area (Å²) in [6.45, 7) is 7.85. The van der Waals surface area contributed by atoms with Gasteiger partial charge in [0.05, 0.1) is 0 Å². The normalized spacial score (nSPS) is 10.2. The lowest BCUT2D eigenvalue weighted by Gasteiger charge is -2.20. The van der Waals surface area contributed by atoms with Gasteiger partial charge in [0, 0.05) is 33.0 Å². The van der Waals surface area contributed by atoms with Gasteiger partial charge in [-0.25, -0.2) is 0 Å². The summed E-state index contributed by atoms with van der Waals surface area (Å²) < 4.78 is 0. The highest BCUT2D eigenvalue weighted by Crippen LogP contribution is 2.00. The summed E-state index contributed by atoms with van der Waals surface area (Å²) in [5.41, 5.74) is 0. The van der Waals surface area contributed by atoms with Gasteiger partial charge in [0.25, 0.3) is 0 Å². The fourth-order valence-corrected chi connectivity index (χ4v) is 1.71. The number of amides is 2. The Balaban J connectivity index is 3.81. The van der Waals surface area contributed by atoms with E-state index in [-0.39, 0.29) is 11.8 Å². The lowest BCUT2D eigenvalue weighted by Crippen LogP contribution is -2.34. The van der Waals surface area contributed by atoms with Crippen molar-refractivity contribution in [1.29, 1.82) is 0 Å². The van der Waals surface area contributed by atoms with Crippen LogP contribution >= 0.6 is 0 Å². The Bertz CT molecular complexity index is 242. The Hall–Kier alpha value is -1.06. The lowest BCUT2D eigenvalue weighted by atomic mass is 10.2. The van der Waals surface area contributed by atoms with E-state index in [0.717, 1.165) is 45.2 Å². The molecule has 0 rings (SSSR count). The molecule has 0 bridgehead atoms. The number of carbonyl (C=O) groups excluding carboxylic acids is 2. The van der Waals surface area contributed by atoms with Crippen LogP contribution in [0.4, 0.5) is 0 Å². The van der Waals surface area contributed by atoms with Gasteiger partial charge < -0.3 is 10.2 Å². The predicted octanol–water partition coefficient (Wildman–Crippen LogP) is 2.33. The monoisotopic (exact) mass is 256 g/mol. The molecule has 106 valence electrons. The molecule has 4 heteroatoms. The van der Waals surface area contributed by atoms with Crippen LogP contribution in [0.15, 0.2) is 0 Å². The molecule has 0 aromatic carbocycles. The number of unbranched alkanes of at least 4 members (excludes halogenated alkanes) is 3. The summed E-state index contributed by atoms with van der Waals surface area (Å²) in [6.07, 6.45) is 5.80. The summed E-state index contributed by atoms with van der Waals surface area (Å²) in [7, 11) is 0. The quantitative estimate of drug-likeness (QED) is 0.610. The van der Waals surface area contributed by atoms with Crippen molar-refractivity contribution in [2.24, 2.45) is 0 Å². The van der Waals surface area contributed by atoms with Gasteiger partial charge in [0.15, 0.2) is 0 Å². The van der Waals surface area contributed by atoms with E-state index >= 15 is 0 Å². The number of carbonyl (C=O) groups is 2. The molecule has 0 fully saturated rings. The molecule has 0 spiro atoms. The molecular weight excluding hydrogens is 228 g/mol. The molecule has 4 nitrogen and oxygen atoms in total. The summed E-state index contributed by atoms with van der Waals surface area (Å²) in [6, 6.07) is 0. The molecule has 18 heavy (non-hydrogen) atoms.